The maximum absolute atomic E-state index is 12.4. The number of aromatic carboxylic acids is 1. The molecule has 1 aromatic heterocycles. The van der Waals surface area contributed by atoms with E-state index in [1.807, 2.05) is 0 Å². The lowest BCUT2D eigenvalue weighted by Gasteiger charge is -2.07. The van der Waals surface area contributed by atoms with Gasteiger partial charge in [-0.25, -0.2) is 13.2 Å². The van der Waals surface area contributed by atoms with Crippen molar-refractivity contribution in [1.82, 2.24) is 0 Å². The molecule has 1 N–H and O–H groups in total. The fraction of sp³-hybridized carbons (Fsp3) is 0.0833. The summed E-state index contributed by atoms with van der Waals surface area (Å²) in [5.74, 6) is -1.55. The summed E-state index contributed by atoms with van der Waals surface area (Å²) in [6, 6.07) is 7.28. The molecule has 0 aliphatic rings. The zero-order chi connectivity index (χ0) is 14.9. The van der Waals surface area contributed by atoms with Gasteiger partial charge in [-0.1, -0.05) is 27.5 Å². The van der Waals surface area contributed by atoms with E-state index in [2.05, 4.69) is 15.9 Å². The number of thiophene rings is 1. The molecule has 0 radical (unpaired) electrons. The number of carboxylic acids is 1. The van der Waals surface area contributed by atoms with Gasteiger partial charge in [-0.2, -0.15) is 0 Å². The summed E-state index contributed by atoms with van der Waals surface area (Å²) < 4.78 is 25.7. The Kier molecular flexibility index (Phi) is 4.53. The average Bonchev–Trinajstić information content (AvgIpc) is 2.73. The average molecular weight is 396 g/mol. The Morgan fingerprint density at radius 2 is 2.00 bits per heavy atom. The molecule has 0 bridgehead atoms. The molecule has 0 amide bonds. The van der Waals surface area contributed by atoms with Gasteiger partial charge in [0.05, 0.1) is 20.5 Å². The number of carboxylic acid groups (broad SMARTS) is 1. The summed E-state index contributed by atoms with van der Waals surface area (Å²) in [4.78, 5) is 11.5. The van der Waals surface area contributed by atoms with Gasteiger partial charge in [0.25, 0.3) is 0 Å². The third-order valence-corrected chi connectivity index (χ3v) is 6.08. The van der Waals surface area contributed by atoms with Gasteiger partial charge in [0, 0.05) is 9.35 Å². The number of halogens is 2. The van der Waals surface area contributed by atoms with Crippen LogP contribution >= 0.6 is 38.9 Å². The normalized spacial score (nSPS) is 11.5. The molecule has 0 unspecified atom stereocenters. The van der Waals surface area contributed by atoms with E-state index in [0.29, 0.717) is 13.7 Å². The van der Waals surface area contributed by atoms with Crippen LogP contribution in [0.3, 0.4) is 0 Å². The smallest absolute Gasteiger partial charge is 0.337 e. The second kappa shape index (κ2) is 5.85. The number of rotatable bonds is 4. The van der Waals surface area contributed by atoms with Crippen molar-refractivity contribution < 1.29 is 18.3 Å². The first-order valence-electron chi connectivity index (χ1n) is 5.29. The number of hydrogen-bond donors (Lipinski definition) is 1. The Morgan fingerprint density at radius 3 is 2.55 bits per heavy atom. The standard InChI is InChI=1S/C12H8BrClO4S2/c13-7-1-3-9(12(15)16)10(5-7)20(17,18)6-8-2-4-11(14)19-8/h1-5H,6H2,(H,15,16). The minimum atomic E-state index is -3.76. The third kappa shape index (κ3) is 3.41. The quantitative estimate of drug-likeness (QED) is 0.854. The van der Waals surface area contributed by atoms with Crippen LogP contribution in [0.2, 0.25) is 4.34 Å². The van der Waals surface area contributed by atoms with E-state index in [1.54, 1.807) is 12.1 Å². The molecule has 0 saturated carbocycles. The lowest BCUT2D eigenvalue weighted by molar-refractivity contribution is 0.0692. The molecular weight excluding hydrogens is 388 g/mol. The highest BCUT2D eigenvalue weighted by molar-refractivity contribution is 9.10. The predicted octanol–water partition coefficient (Wildman–Crippen LogP) is 3.84. The molecule has 20 heavy (non-hydrogen) atoms. The summed E-state index contributed by atoms with van der Waals surface area (Å²) in [6.45, 7) is 0. The summed E-state index contributed by atoms with van der Waals surface area (Å²) in [6.07, 6.45) is 0. The molecule has 4 nitrogen and oxygen atoms in total. The van der Waals surface area contributed by atoms with E-state index in [4.69, 9.17) is 16.7 Å². The van der Waals surface area contributed by atoms with Crippen molar-refractivity contribution in [3.63, 3.8) is 0 Å². The molecule has 1 aromatic carbocycles. The second-order valence-corrected chi connectivity index (χ2v) is 8.58. The van der Waals surface area contributed by atoms with Crippen LogP contribution in [-0.2, 0) is 15.6 Å². The highest BCUT2D eigenvalue weighted by Crippen LogP contribution is 2.28. The Labute approximate surface area is 133 Å². The van der Waals surface area contributed by atoms with Crippen LogP contribution in [0.4, 0.5) is 0 Å². The molecule has 0 aliphatic heterocycles. The zero-order valence-electron chi connectivity index (χ0n) is 9.84. The van der Waals surface area contributed by atoms with Gasteiger partial charge in [-0.3, -0.25) is 0 Å². The first-order valence-corrected chi connectivity index (χ1v) is 8.93. The molecule has 0 aliphatic carbocycles. The Hall–Kier alpha value is -0.890. The predicted molar refractivity (Wildman–Crippen MR) is 81.3 cm³/mol. The van der Waals surface area contributed by atoms with E-state index in [9.17, 15) is 13.2 Å². The monoisotopic (exact) mass is 394 g/mol. The topological polar surface area (TPSA) is 71.4 Å². The van der Waals surface area contributed by atoms with E-state index in [0.717, 1.165) is 11.3 Å². The van der Waals surface area contributed by atoms with Crippen LogP contribution < -0.4 is 0 Å². The largest absolute Gasteiger partial charge is 0.478 e. The minimum Gasteiger partial charge on any atom is -0.478 e. The van der Waals surface area contributed by atoms with E-state index >= 15 is 0 Å². The zero-order valence-corrected chi connectivity index (χ0v) is 13.8. The molecule has 1 heterocycles. The summed E-state index contributed by atoms with van der Waals surface area (Å²) in [7, 11) is -3.76. The third-order valence-electron chi connectivity index (χ3n) is 2.47. The van der Waals surface area contributed by atoms with Gasteiger partial charge in [0.15, 0.2) is 9.84 Å². The van der Waals surface area contributed by atoms with Gasteiger partial charge < -0.3 is 5.11 Å². The van der Waals surface area contributed by atoms with Crippen LogP contribution in [0.25, 0.3) is 0 Å². The molecule has 2 aromatic rings. The van der Waals surface area contributed by atoms with Crippen LogP contribution in [0, 0.1) is 0 Å². The van der Waals surface area contributed by atoms with Crippen LogP contribution in [-0.4, -0.2) is 19.5 Å². The van der Waals surface area contributed by atoms with Gasteiger partial charge in [-0.05, 0) is 30.3 Å². The second-order valence-electron chi connectivity index (χ2n) is 3.91. The summed E-state index contributed by atoms with van der Waals surface area (Å²) in [5, 5.41) is 9.09. The van der Waals surface area contributed by atoms with Crippen LogP contribution in [0.1, 0.15) is 15.2 Å². The van der Waals surface area contributed by atoms with Crippen LogP contribution in [0.5, 0.6) is 0 Å². The Bertz CT molecular complexity index is 768. The lowest BCUT2D eigenvalue weighted by atomic mass is 10.2. The lowest BCUT2D eigenvalue weighted by Crippen LogP contribution is -2.10. The maximum Gasteiger partial charge on any atom is 0.337 e. The van der Waals surface area contributed by atoms with Crippen molar-refractivity contribution in [3.05, 3.63) is 49.6 Å². The van der Waals surface area contributed by atoms with Crippen molar-refractivity contribution >= 4 is 54.7 Å². The number of carbonyl (C=O) groups is 1. The highest BCUT2D eigenvalue weighted by Gasteiger charge is 2.23. The van der Waals surface area contributed by atoms with Crippen molar-refractivity contribution in [1.29, 1.82) is 0 Å². The van der Waals surface area contributed by atoms with Crippen molar-refractivity contribution in [2.45, 2.75) is 10.6 Å². The number of sulfone groups is 1. The molecular formula is C12H8BrClO4S2. The van der Waals surface area contributed by atoms with Crippen LogP contribution in [0.15, 0.2) is 39.7 Å². The first kappa shape index (κ1) is 15.5. The van der Waals surface area contributed by atoms with Crippen molar-refractivity contribution in [3.8, 4) is 0 Å². The molecule has 0 fully saturated rings. The maximum atomic E-state index is 12.4. The summed E-state index contributed by atoms with van der Waals surface area (Å²) in [5.41, 5.74) is -0.240. The Morgan fingerprint density at radius 1 is 1.30 bits per heavy atom. The molecule has 8 heteroatoms. The van der Waals surface area contributed by atoms with Gasteiger partial charge >= 0.3 is 5.97 Å². The number of hydrogen-bond acceptors (Lipinski definition) is 4. The SMILES string of the molecule is O=C(O)c1ccc(Br)cc1S(=O)(=O)Cc1ccc(Cl)s1. The van der Waals surface area contributed by atoms with Gasteiger partial charge in [0.2, 0.25) is 0 Å². The minimum absolute atomic E-state index is 0.205. The molecule has 106 valence electrons. The van der Waals surface area contributed by atoms with E-state index in [1.165, 1.54) is 18.2 Å². The Balaban J connectivity index is 2.48. The van der Waals surface area contributed by atoms with Crippen molar-refractivity contribution in [2.24, 2.45) is 0 Å². The first-order chi connectivity index (χ1) is 9.29. The van der Waals surface area contributed by atoms with Gasteiger partial charge in [-0.15, -0.1) is 11.3 Å². The molecule has 2 rings (SSSR count). The van der Waals surface area contributed by atoms with E-state index < -0.39 is 15.8 Å². The fourth-order valence-electron chi connectivity index (χ4n) is 1.62. The summed E-state index contributed by atoms with van der Waals surface area (Å²) >= 11 is 10.1. The molecule has 0 saturated heterocycles. The molecule has 0 atom stereocenters. The number of benzene rings is 1. The molecule has 0 spiro atoms. The van der Waals surface area contributed by atoms with Gasteiger partial charge in [0.1, 0.15) is 0 Å². The highest BCUT2D eigenvalue weighted by atomic mass is 79.9. The fourth-order valence-corrected chi connectivity index (χ4v) is 5.14. The van der Waals surface area contributed by atoms with E-state index in [-0.39, 0.29) is 16.2 Å². The van der Waals surface area contributed by atoms with Crippen molar-refractivity contribution in [2.75, 3.05) is 0 Å².